The van der Waals surface area contributed by atoms with Gasteiger partial charge in [0.15, 0.2) is 0 Å². The Bertz CT molecular complexity index is 6.04. The molecule has 0 N–H and O–H groups in total. The topological polar surface area (TPSA) is 142 Å². The predicted molar refractivity (Wildman–Crippen MR) is 14.9 cm³/mol. The molecule has 0 aromatic heterocycles. The molecule has 0 saturated heterocycles. The summed E-state index contributed by atoms with van der Waals surface area (Å²) in [5.74, 6) is 0. The van der Waals surface area contributed by atoms with Crippen molar-refractivity contribution >= 4 is 35.9 Å². The van der Waals surface area contributed by atoms with Crippen molar-refractivity contribution in [3.05, 3.63) is 0 Å². The van der Waals surface area contributed by atoms with Crippen molar-refractivity contribution < 1.29 is 27.4 Å². The van der Waals surface area contributed by atoms with E-state index in [4.69, 9.17) is 0 Å². The molecule has 0 atom stereocenters. The molecule has 0 aliphatic rings. The molecule has 0 spiro atoms. The Morgan fingerprint density at radius 3 is 0.286 bits per heavy atom. The Kier molecular flexibility index (Phi) is 18500. The zero-order valence-corrected chi connectivity index (χ0v) is 6.69. The molecule has 0 bridgehead atoms. The minimum Gasteiger partial charge on any atom is -2.00 e. The van der Waals surface area contributed by atoms with Gasteiger partial charge in [0.1, 0.15) is 0 Å². The van der Waals surface area contributed by atoms with Gasteiger partial charge in [0.05, 0.1) is 0 Å². The smallest absolute Gasteiger partial charge is 2.00 e. The van der Waals surface area contributed by atoms with E-state index in [1.54, 1.807) is 0 Å². The van der Waals surface area contributed by atoms with Crippen LogP contribution in [0.1, 0.15) is 0 Å². The molecule has 0 unspecified atom stereocenters. The van der Waals surface area contributed by atoms with Crippen molar-refractivity contribution in [2.24, 2.45) is 0 Å². The summed E-state index contributed by atoms with van der Waals surface area (Å²) in [4.78, 5) is 0. The molecule has 0 heterocycles. The maximum atomic E-state index is 0. The van der Waals surface area contributed by atoms with E-state index in [1.807, 2.05) is 0 Å². The van der Waals surface area contributed by atoms with Gasteiger partial charge >= 0.3 is 35.9 Å². The van der Waals surface area contributed by atoms with Crippen LogP contribution in [0.3, 0.4) is 0 Å². The molecule has 7 heavy (non-hydrogen) atoms. The van der Waals surface area contributed by atoms with E-state index in [9.17, 15) is 0 Å². The Labute approximate surface area is 63.6 Å². The summed E-state index contributed by atoms with van der Waals surface area (Å²) < 4.78 is 0. The van der Waals surface area contributed by atoms with Gasteiger partial charge in [0.2, 0.25) is 0 Å². The van der Waals surface area contributed by atoms with Gasteiger partial charge in [0.25, 0.3) is 0 Å². The molecule has 5 nitrogen and oxygen atoms in total. The van der Waals surface area contributed by atoms with Gasteiger partial charge < -0.3 is 27.4 Å². The first-order chi connectivity index (χ1) is 0. The number of hydrogen-bond donors (Lipinski definition) is 0. The van der Waals surface area contributed by atoms with Crippen molar-refractivity contribution in [3.63, 3.8) is 0 Å². The van der Waals surface area contributed by atoms with Crippen LogP contribution in [0.15, 0.2) is 0 Å². The summed E-state index contributed by atoms with van der Waals surface area (Å²) >= 11 is 0. The van der Waals surface area contributed by atoms with Gasteiger partial charge in [-0.25, -0.2) is 0 Å². The van der Waals surface area contributed by atoms with E-state index in [-0.39, 0.29) is 63.3 Å². The van der Waals surface area contributed by atoms with Crippen molar-refractivity contribution in [2.45, 2.75) is 0 Å². The van der Waals surface area contributed by atoms with E-state index in [0.717, 1.165) is 0 Å². The summed E-state index contributed by atoms with van der Waals surface area (Å²) in [7, 11) is 0. The van der Waals surface area contributed by atoms with Gasteiger partial charge in [-0.15, -0.1) is 0 Å². The zero-order chi connectivity index (χ0) is 0. The monoisotopic (exact) mass is 230 g/mol. The molecule has 0 aliphatic heterocycles. The normalized spacial score (nSPS) is 0. The van der Waals surface area contributed by atoms with Crippen LogP contribution in [0.2, 0.25) is 0 Å². The molecule has 40 valence electrons. The molecule has 0 aromatic rings. The molecule has 0 saturated carbocycles. The van der Waals surface area contributed by atoms with E-state index in [0.29, 0.717) is 0 Å². The average Bonchev–Trinajstić information content (AvgIpc) is 0. The molecule has 0 amide bonds. The molecule has 0 aliphatic carbocycles. The van der Waals surface area contributed by atoms with E-state index < -0.39 is 0 Å². The second-order valence-electron chi connectivity index (χ2n) is 0. The first-order valence-electron chi connectivity index (χ1n) is 0. The van der Waals surface area contributed by atoms with Crippen LogP contribution in [0, 0.1) is 0 Å². The van der Waals surface area contributed by atoms with Crippen LogP contribution in [0.25, 0.3) is 0 Å². The minimum absolute atomic E-state index is 0. The molecule has 0 aromatic carbocycles. The largest absolute Gasteiger partial charge is 5.00 e. The Balaban J connectivity index is 0. The zero-order valence-electron chi connectivity index (χ0n) is 2.94. The third kappa shape index (κ3) is 199. The second-order valence-corrected chi connectivity index (χ2v) is 0. The third-order valence-electron chi connectivity index (χ3n) is 0. The fraction of sp³-hybridized carbons (Fsp3) is 0. The number of rotatable bonds is 0. The molecular weight excluding hydrogens is 230 g/mol. The quantitative estimate of drug-likeness (QED) is 0.453. The molecular formula is As2O5. The van der Waals surface area contributed by atoms with Gasteiger partial charge in [-0.2, -0.15) is 0 Å². The summed E-state index contributed by atoms with van der Waals surface area (Å²) in [5.41, 5.74) is 0. The molecule has 0 fully saturated rings. The first-order valence-corrected chi connectivity index (χ1v) is 0. The SMILES string of the molecule is [As+5].[As+5].[O-2].[O-2].[O-2].[O-2].[O-2]. The molecule has 0 radical (unpaired) electrons. The average molecular weight is 230 g/mol. The van der Waals surface area contributed by atoms with Gasteiger partial charge in [0, 0.05) is 0 Å². The summed E-state index contributed by atoms with van der Waals surface area (Å²) in [6.45, 7) is 0. The van der Waals surface area contributed by atoms with Crippen LogP contribution in [-0.2, 0) is 27.4 Å². The Morgan fingerprint density at radius 1 is 0.286 bits per heavy atom. The van der Waals surface area contributed by atoms with Crippen LogP contribution in [-0.4, -0.2) is 35.9 Å². The summed E-state index contributed by atoms with van der Waals surface area (Å²) in [6.07, 6.45) is 0. The number of hydrogen-bond acceptors (Lipinski definition) is 0. The van der Waals surface area contributed by atoms with E-state index in [2.05, 4.69) is 0 Å². The van der Waals surface area contributed by atoms with Crippen LogP contribution >= 0.6 is 0 Å². The van der Waals surface area contributed by atoms with Crippen LogP contribution in [0.4, 0.5) is 0 Å². The van der Waals surface area contributed by atoms with Crippen molar-refractivity contribution in [3.8, 4) is 0 Å². The van der Waals surface area contributed by atoms with Gasteiger partial charge in [-0.05, 0) is 0 Å². The van der Waals surface area contributed by atoms with Crippen molar-refractivity contribution in [1.82, 2.24) is 0 Å². The van der Waals surface area contributed by atoms with Gasteiger partial charge in [-0.3, -0.25) is 0 Å². The van der Waals surface area contributed by atoms with Crippen molar-refractivity contribution in [2.75, 3.05) is 0 Å². The Hall–Kier alpha value is 0.917. The maximum absolute atomic E-state index is 0. The minimum atomic E-state index is 0. The summed E-state index contributed by atoms with van der Waals surface area (Å²) in [5, 5.41) is 0. The van der Waals surface area contributed by atoms with Crippen molar-refractivity contribution in [1.29, 1.82) is 0 Å². The predicted octanol–water partition coefficient (Wildman–Crippen LogP) is -1.36. The fourth-order valence-corrected chi connectivity index (χ4v) is 0. The van der Waals surface area contributed by atoms with Crippen LogP contribution < -0.4 is 0 Å². The van der Waals surface area contributed by atoms with E-state index >= 15 is 0 Å². The van der Waals surface area contributed by atoms with Crippen LogP contribution in [0.5, 0.6) is 0 Å². The standard InChI is InChI=1S/2As.5O/q2*+5;5*-2. The van der Waals surface area contributed by atoms with Gasteiger partial charge in [-0.1, -0.05) is 0 Å². The summed E-state index contributed by atoms with van der Waals surface area (Å²) in [6, 6.07) is 0. The first kappa shape index (κ1) is 451. The third-order valence-corrected chi connectivity index (χ3v) is 0. The fourth-order valence-electron chi connectivity index (χ4n) is 0. The molecule has 7 heteroatoms. The Morgan fingerprint density at radius 2 is 0.286 bits per heavy atom. The second kappa shape index (κ2) is 288. The van der Waals surface area contributed by atoms with E-state index in [1.165, 1.54) is 0 Å². The maximum Gasteiger partial charge on any atom is 5.00 e. The molecule has 0 rings (SSSR count).